The summed E-state index contributed by atoms with van der Waals surface area (Å²) in [6.45, 7) is 28.6. The zero-order valence-electron chi connectivity index (χ0n) is 70.5. The first-order valence-electron chi connectivity index (χ1n) is 39.8. The number of amides is 2. The molecule has 2 aliphatic carbocycles. The van der Waals surface area contributed by atoms with Gasteiger partial charge < -0.3 is 49.8 Å². The van der Waals surface area contributed by atoms with Crippen LogP contribution < -0.4 is 74.9 Å². The van der Waals surface area contributed by atoms with Gasteiger partial charge in [0.05, 0.1) is 75.7 Å². The van der Waals surface area contributed by atoms with E-state index in [1.807, 2.05) is 109 Å². The van der Waals surface area contributed by atoms with E-state index in [-0.39, 0.29) is 73.8 Å². The number of para-hydroxylation sites is 2. The molecule has 4 fully saturated rings. The van der Waals surface area contributed by atoms with Gasteiger partial charge in [-0.3, -0.25) is 9.59 Å². The summed E-state index contributed by atoms with van der Waals surface area (Å²) >= 11 is 7.75. The van der Waals surface area contributed by atoms with Crippen LogP contribution in [0, 0.1) is 6.07 Å². The number of carbonyl (C=O) groups excluding carboxylic acids is 2. The number of methoxy groups -OCH3 is 4. The second kappa shape index (κ2) is 51.7. The smallest absolute Gasteiger partial charge is 1.00 e. The molecule has 0 unspecified atom stereocenters. The summed E-state index contributed by atoms with van der Waals surface area (Å²) in [6, 6.07) is 42.8. The van der Waals surface area contributed by atoms with Crippen molar-refractivity contribution < 1.29 is 81.4 Å². The van der Waals surface area contributed by atoms with E-state index in [2.05, 4.69) is 154 Å². The standard InChI is InChI=1S/C35H53O2P.C21H24N6O2.C15H19N5O.C8H10N.C6H6ClNO.C4H9O.2ClH.Na.Pd/c1-23(2)26-21-29(24(3)4)33(30(22-26)25(5)6)34-31(36-7)19-20-32(37-8)35(34)38(27-15-11-9-12-16-27)28-17-13-10-14-18-28;1-16-8-12-25(20-15-17(29-2)7-9-22-20)13-14-26(16)21(28)18-5-3-4-6-19(18)27-23-10-11-24-27;1-12-6-7-16-10-11-19(12)15(21)13-4-2-3-5-14(13)20-17-8-9-18-20;9-7-6-8-4-2-1-3-5-8;1-9-5-2-3-8-6(7)4-5;1-4(2,3)5;;;;/h19-25,27-28H,9-18H2,1-8H3;3-7,9-11,15-16H,8,12-14H2,1-2H3;2-5,8-9,12,16H,6-7,10-11H2,1H3;1-4H,6-7,9H2;2-4H,1H3;1-3H3;2*1H;;/q;;;-1;;-1;;;+1;+2/p-1/t;16-;12-;;;;;;;/m.11......./s1. The Hall–Kier alpha value is -6.54. The van der Waals surface area contributed by atoms with Gasteiger partial charge in [-0.25, -0.2) is 9.97 Å². The van der Waals surface area contributed by atoms with Crippen molar-refractivity contribution >= 4 is 64.4 Å². The van der Waals surface area contributed by atoms with Gasteiger partial charge in [-0.15, -0.1) is 18.0 Å². The van der Waals surface area contributed by atoms with E-state index < -0.39 is 5.60 Å². The Balaban J connectivity index is 0.000000271. The Morgan fingerprint density at radius 2 is 1.06 bits per heavy atom. The van der Waals surface area contributed by atoms with Gasteiger partial charge in [0.1, 0.15) is 34.0 Å². The monoisotopic (exact) mass is 1750 g/mol. The van der Waals surface area contributed by atoms with Crippen LogP contribution in [0.4, 0.5) is 5.82 Å². The van der Waals surface area contributed by atoms with Gasteiger partial charge in [-0.05, 0) is 172 Å². The maximum atomic E-state index is 13.4. The molecule has 4 aromatic heterocycles. The molecule has 2 saturated carbocycles. The number of hydrogen-bond donors (Lipinski definition) is 2. The first-order valence-corrected chi connectivity index (χ1v) is 43.7. The molecule has 9 aromatic rings. The third-order valence-electron chi connectivity index (χ3n) is 20.3. The third-order valence-corrected chi connectivity index (χ3v) is 24.1. The van der Waals surface area contributed by atoms with E-state index in [1.54, 1.807) is 84.3 Å². The average molecular weight is 1750 g/mol. The largest absolute Gasteiger partial charge is 1.00 e. The van der Waals surface area contributed by atoms with E-state index in [4.69, 9.17) is 36.3 Å². The fourth-order valence-electron chi connectivity index (χ4n) is 14.5. The molecule has 6 heterocycles. The number of anilines is 1. The maximum Gasteiger partial charge on any atom is 1.00 e. The molecule has 0 radical (unpaired) electrons. The fourth-order valence-corrected chi connectivity index (χ4v) is 18.8. The molecule has 20 nitrogen and oxygen atoms in total. The SMILES string of the molecule is CC(C)(C)[O-].COc1ccc(OC)c(P(C2CCCCC2)C2CCCCC2)c1-c1c(C(C)C)cc(C(C)C)cc1C(C)C.COc1ccnc(Cl)c1.COc1ccnc(N2CC[C@@H](C)N(C(=O)c3ccccc3-n3nccn3)CC2)c1.C[C@@H]1CCNCCN1C(=O)c1ccccc1-n1nccn1.Cl.NCCc1[c-]cccc1.[Cl][Pd+].[Na+]. The summed E-state index contributed by atoms with van der Waals surface area (Å²) in [4.78, 5) is 43.6. The fraction of sp³-hybridized carbons (Fsp3) is 0.483. The molecular weight excluding hydrogens is 1630 g/mol. The molecule has 0 bridgehead atoms. The number of carbonyl (C=O) groups is 2. The molecule has 2 amide bonds. The predicted octanol–water partition coefficient (Wildman–Crippen LogP) is 15.0. The topological polar surface area (TPSA) is 229 Å². The van der Waals surface area contributed by atoms with E-state index in [1.165, 1.54) is 112 Å². The molecule has 0 spiro atoms. The quantitative estimate of drug-likeness (QED) is 0.0352. The number of nitrogens with zero attached hydrogens (tertiary/aromatic N) is 11. The van der Waals surface area contributed by atoms with Gasteiger partial charge in [0.25, 0.3) is 11.8 Å². The molecule has 2 atom stereocenters. The number of pyridine rings is 2. The van der Waals surface area contributed by atoms with Crippen LogP contribution in [0.1, 0.15) is 214 Å². The van der Waals surface area contributed by atoms with Crippen LogP contribution in [0.3, 0.4) is 0 Å². The van der Waals surface area contributed by atoms with Crippen molar-refractivity contribution in [1.82, 2.24) is 55.1 Å². The molecule has 5 aromatic carbocycles. The zero-order valence-corrected chi connectivity index (χ0v) is 77.3. The van der Waals surface area contributed by atoms with Crippen molar-refractivity contribution in [1.29, 1.82) is 0 Å². The van der Waals surface area contributed by atoms with Gasteiger partial charge in [0, 0.05) is 80.2 Å². The summed E-state index contributed by atoms with van der Waals surface area (Å²) in [5.41, 5.74) is 17.2. The molecule has 3 N–H and O–H groups in total. The summed E-state index contributed by atoms with van der Waals surface area (Å²) in [5.74, 6) is 5.91. The van der Waals surface area contributed by atoms with Crippen molar-refractivity contribution in [2.75, 3.05) is 79.2 Å². The minimum Gasteiger partial charge on any atom is 1.00 e. The molecule has 622 valence electrons. The minimum atomic E-state index is -0.750. The van der Waals surface area contributed by atoms with Crippen LogP contribution in [-0.4, -0.2) is 165 Å². The van der Waals surface area contributed by atoms with E-state index in [0.717, 1.165) is 91.3 Å². The van der Waals surface area contributed by atoms with Crippen molar-refractivity contribution in [2.24, 2.45) is 5.73 Å². The van der Waals surface area contributed by atoms with Crippen LogP contribution in [0.5, 0.6) is 23.0 Å². The van der Waals surface area contributed by atoms with Crippen LogP contribution in [0.25, 0.3) is 22.5 Å². The molecule has 115 heavy (non-hydrogen) atoms. The van der Waals surface area contributed by atoms with Crippen molar-refractivity contribution in [2.45, 2.75) is 206 Å². The maximum absolute atomic E-state index is 13.4. The van der Waals surface area contributed by atoms with E-state index >= 15 is 0 Å². The Bertz CT molecular complexity index is 4220. The van der Waals surface area contributed by atoms with Crippen LogP contribution in [0.2, 0.25) is 5.15 Å². The molecular formula is C89H122Cl3N13NaO7PPd. The number of halogens is 3. The molecule has 13 rings (SSSR count). The molecule has 2 saturated heterocycles. The summed E-state index contributed by atoms with van der Waals surface area (Å²) in [7, 11) is 11.1. The van der Waals surface area contributed by atoms with E-state index in [9.17, 15) is 14.7 Å². The van der Waals surface area contributed by atoms with Crippen LogP contribution in [-0.2, 0) is 24.6 Å². The number of aromatic nitrogens is 8. The van der Waals surface area contributed by atoms with Crippen molar-refractivity contribution in [3.05, 3.63) is 203 Å². The van der Waals surface area contributed by atoms with Crippen molar-refractivity contribution in [3.8, 4) is 45.5 Å². The molecule has 4 aliphatic rings. The van der Waals surface area contributed by atoms with Gasteiger partial charge in [0.2, 0.25) is 0 Å². The third kappa shape index (κ3) is 30.0. The Morgan fingerprint density at radius 1 is 0.583 bits per heavy atom. The zero-order chi connectivity index (χ0) is 82.0. The first kappa shape index (κ1) is 99.0. The summed E-state index contributed by atoms with van der Waals surface area (Å²) < 4.78 is 22.7. The van der Waals surface area contributed by atoms with Gasteiger partial charge in [0.15, 0.2) is 0 Å². The molecule has 26 heteroatoms. The van der Waals surface area contributed by atoms with Gasteiger partial charge in [-0.1, -0.05) is 157 Å². The summed E-state index contributed by atoms with van der Waals surface area (Å²) in [5, 5.41) is 32.0. The van der Waals surface area contributed by atoms with Crippen LogP contribution >= 0.6 is 41.5 Å². The second-order valence-corrected chi connectivity index (χ2v) is 33.6. The number of nitrogens with two attached hydrogens (primary N) is 1. The number of rotatable bonds is 18. The Morgan fingerprint density at radius 3 is 1.52 bits per heavy atom. The minimum absolute atomic E-state index is 0. The Labute approximate surface area is 734 Å². The number of nitrogens with one attached hydrogen (secondary N) is 1. The number of hydrogen-bond acceptors (Lipinski definition) is 16. The van der Waals surface area contributed by atoms with Gasteiger partial charge in [-0.2, -0.15) is 65.9 Å². The average Bonchev–Trinajstić information content (AvgIpc) is 1.14. The van der Waals surface area contributed by atoms with E-state index in [0.29, 0.717) is 59.4 Å². The molecule has 2 aliphatic heterocycles. The van der Waals surface area contributed by atoms with Crippen molar-refractivity contribution in [3.63, 3.8) is 0 Å². The number of ether oxygens (including phenoxy) is 4. The predicted molar refractivity (Wildman–Crippen MR) is 463 cm³/mol. The van der Waals surface area contributed by atoms with Crippen LogP contribution in [0.15, 0.2) is 159 Å². The second-order valence-electron chi connectivity index (χ2n) is 30.5. The number of benzene rings is 5. The summed E-state index contributed by atoms with van der Waals surface area (Å²) in [6.07, 6.45) is 26.4. The normalized spacial score (nSPS) is 15.7. The Kier molecular flexibility index (Phi) is 44.5. The first-order chi connectivity index (χ1) is 54.5. The van der Waals surface area contributed by atoms with Gasteiger partial charge >= 0.3 is 57.3 Å².